The number of nitrogens with one attached hydrogen (secondary N) is 1. The van der Waals surface area contributed by atoms with Gasteiger partial charge in [0.05, 0.1) is 11.9 Å². The Balaban J connectivity index is 0.00000289. The summed E-state index contributed by atoms with van der Waals surface area (Å²) in [5.41, 5.74) is 1.61. The zero-order valence-corrected chi connectivity index (χ0v) is 20.8. The molecule has 0 spiro atoms. The summed E-state index contributed by atoms with van der Waals surface area (Å²) in [4.78, 5) is 25.0. The lowest BCUT2D eigenvalue weighted by atomic mass is 10.2. The Hall–Kier alpha value is -2.67. The van der Waals surface area contributed by atoms with Gasteiger partial charge in [-0.3, -0.25) is 14.5 Å². The van der Waals surface area contributed by atoms with Gasteiger partial charge in [0.15, 0.2) is 5.96 Å². The van der Waals surface area contributed by atoms with E-state index in [1.54, 1.807) is 35.0 Å². The number of piperazine rings is 1. The van der Waals surface area contributed by atoms with Crippen LogP contribution >= 0.6 is 35.6 Å². The van der Waals surface area contributed by atoms with Gasteiger partial charge in [-0.2, -0.15) is 10.1 Å². The number of guanidine groups is 1. The van der Waals surface area contributed by atoms with E-state index in [1.807, 2.05) is 30.3 Å². The Morgan fingerprint density at radius 2 is 2.19 bits per heavy atom. The summed E-state index contributed by atoms with van der Waals surface area (Å²) in [6.07, 6.45) is 4.06. The fourth-order valence-electron chi connectivity index (χ4n) is 3.39. The molecule has 0 unspecified atom stereocenters. The van der Waals surface area contributed by atoms with Gasteiger partial charge in [-0.05, 0) is 12.1 Å². The average molecular weight is 571 g/mol. The average Bonchev–Trinajstić information content (AvgIpc) is 3.40. The number of aromatic nitrogens is 4. The number of carbonyl (C=O) groups excluding carboxylic acids is 1. The normalized spacial score (nSPS) is 14.5. The monoisotopic (exact) mass is 570 g/mol. The van der Waals surface area contributed by atoms with E-state index in [0.717, 1.165) is 11.3 Å². The van der Waals surface area contributed by atoms with E-state index in [2.05, 4.69) is 25.5 Å². The molecule has 0 bridgehead atoms. The first kappa shape index (κ1) is 24.0. The number of aliphatic imine (C=N–C) groups is 1. The molecule has 32 heavy (non-hydrogen) atoms. The third-order valence-electron chi connectivity index (χ3n) is 4.91. The number of benzene rings is 1. The Morgan fingerprint density at radius 1 is 1.34 bits per heavy atom. The number of hydrogen-bond donors (Lipinski definition) is 1. The molecule has 10 nitrogen and oxygen atoms in total. The summed E-state index contributed by atoms with van der Waals surface area (Å²) >= 11 is 6.02. The van der Waals surface area contributed by atoms with Crippen molar-refractivity contribution < 1.29 is 9.32 Å². The molecule has 170 valence electrons. The minimum atomic E-state index is 0. The molecule has 3 heterocycles. The van der Waals surface area contributed by atoms with Crippen molar-refractivity contribution in [1.29, 1.82) is 0 Å². The lowest BCUT2D eigenvalue weighted by molar-refractivity contribution is -0.120. The largest absolute Gasteiger partial charge is 0.356 e. The maximum Gasteiger partial charge on any atom is 0.246 e. The van der Waals surface area contributed by atoms with E-state index >= 15 is 0 Å². The van der Waals surface area contributed by atoms with Gasteiger partial charge >= 0.3 is 0 Å². The Kier molecular flexibility index (Phi) is 8.07. The summed E-state index contributed by atoms with van der Waals surface area (Å²) in [5, 5.41) is 12.0. The van der Waals surface area contributed by atoms with E-state index in [0.29, 0.717) is 48.8 Å². The summed E-state index contributed by atoms with van der Waals surface area (Å²) in [6.45, 7) is 2.02. The lowest BCUT2D eigenvalue weighted by Crippen LogP contribution is -2.55. The molecule has 1 aromatic carbocycles. The van der Waals surface area contributed by atoms with Crippen LogP contribution < -0.4 is 10.2 Å². The van der Waals surface area contributed by atoms with Crippen LogP contribution in [0.5, 0.6) is 0 Å². The molecular weight excluding hydrogens is 547 g/mol. The van der Waals surface area contributed by atoms with E-state index in [1.165, 1.54) is 0 Å². The third kappa shape index (κ3) is 5.57. The highest BCUT2D eigenvalue weighted by Gasteiger charge is 2.27. The van der Waals surface area contributed by atoms with Crippen molar-refractivity contribution in [2.75, 3.05) is 38.1 Å². The molecule has 1 aliphatic rings. The van der Waals surface area contributed by atoms with E-state index in [-0.39, 0.29) is 36.4 Å². The highest BCUT2D eigenvalue weighted by atomic mass is 127. The number of amides is 1. The summed E-state index contributed by atoms with van der Waals surface area (Å²) < 4.78 is 7.02. The van der Waals surface area contributed by atoms with Crippen molar-refractivity contribution in [2.45, 2.75) is 6.42 Å². The molecule has 1 aliphatic heterocycles. The van der Waals surface area contributed by atoms with Gasteiger partial charge in [0.1, 0.15) is 6.54 Å². The molecule has 0 atom stereocenters. The smallest absolute Gasteiger partial charge is 0.246 e. The van der Waals surface area contributed by atoms with Crippen molar-refractivity contribution in [3.05, 3.63) is 47.6 Å². The molecule has 12 heteroatoms. The predicted molar refractivity (Wildman–Crippen MR) is 132 cm³/mol. The van der Waals surface area contributed by atoms with E-state index < -0.39 is 0 Å². The van der Waals surface area contributed by atoms with Gasteiger partial charge in [0.25, 0.3) is 0 Å². The molecule has 3 aromatic rings. The van der Waals surface area contributed by atoms with Crippen LogP contribution in [0.15, 0.2) is 46.2 Å². The van der Waals surface area contributed by atoms with Crippen LogP contribution in [0.25, 0.3) is 11.4 Å². The van der Waals surface area contributed by atoms with Crippen LogP contribution in [-0.4, -0.2) is 69.9 Å². The molecule has 2 aromatic heterocycles. The Morgan fingerprint density at radius 3 is 2.88 bits per heavy atom. The van der Waals surface area contributed by atoms with Crippen LogP contribution in [0.2, 0.25) is 5.02 Å². The second-order valence-corrected chi connectivity index (χ2v) is 7.52. The number of aryl methyl sites for hydroxylation is 1. The zero-order valence-electron chi connectivity index (χ0n) is 17.7. The summed E-state index contributed by atoms with van der Waals surface area (Å²) in [5.74, 6) is 1.67. The number of anilines is 1. The van der Waals surface area contributed by atoms with Crippen molar-refractivity contribution in [3.8, 4) is 11.4 Å². The predicted octanol–water partition coefficient (Wildman–Crippen LogP) is 2.21. The zero-order chi connectivity index (χ0) is 21.8. The van der Waals surface area contributed by atoms with Crippen LogP contribution in [0.4, 0.5) is 5.69 Å². The lowest BCUT2D eigenvalue weighted by Gasteiger charge is -2.35. The van der Waals surface area contributed by atoms with Gasteiger partial charge in [0, 0.05) is 56.9 Å². The van der Waals surface area contributed by atoms with Crippen LogP contribution in [-0.2, 0) is 18.3 Å². The van der Waals surface area contributed by atoms with Crippen molar-refractivity contribution >= 4 is 53.1 Å². The second-order valence-electron chi connectivity index (χ2n) is 7.09. The number of carbonyl (C=O) groups is 1. The van der Waals surface area contributed by atoms with E-state index in [4.69, 9.17) is 16.1 Å². The van der Waals surface area contributed by atoms with E-state index in [9.17, 15) is 4.79 Å². The fraction of sp³-hybridized carbons (Fsp3) is 0.350. The quantitative estimate of drug-likeness (QED) is 0.285. The minimum absolute atomic E-state index is 0. The molecule has 1 saturated heterocycles. The summed E-state index contributed by atoms with van der Waals surface area (Å²) in [6, 6.07) is 7.30. The van der Waals surface area contributed by atoms with Gasteiger partial charge in [-0.25, -0.2) is 0 Å². The van der Waals surface area contributed by atoms with Crippen molar-refractivity contribution in [1.82, 2.24) is 30.1 Å². The highest BCUT2D eigenvalue weighted by Crippen LogP contribution is 2.20. The molecule has 0 saturated carbocycles. The SMILES string of the molecule is CN=C(NCCc1nc(-c2cccc(Cl)c2)no1)N1CCN(c2cnn(C)c2)C(=O)C1.I. The minimum Gasteiger partial charge on any atom is -0.356 e. The molecule has 0 radical (unpaired) electrons. The van der Waals surface area contributed by atoms with Gasteiger partial charge in [-0.1, -0.05) is 28.9 Å². The van der Waals surface area contributed by atoms with Crippen molar-refractivity contribution in [2.24, 2.45) is 12.0 Å². The third-order valence-corrected chi connectivity index (χ3v) is 5.14. The Labute approximate surface area is 207 Å². The van der Waals surface area contributed by atoms with Gasteiger partial charge in [-0.15, -0.1) is 24.0 Å². The second kappa shape index (κ2) is 10.8. The number of halogens is 2. The molecule has 1 amide bonds. The number of nitrogens with zero attached hydrogens (tertiary/aromatic N) is 7. The topological polar surface area (TPSA) is 105 Å². The molecule has 1 N–H and O–H groups in total. The van der Waals surface area contributed by atoms with Gasteiger partial charge in [0.2, 0.25) is 17.6 Å². The molecular formula is C20H24ClIN8O2. The van der Waals surface area contributed by atoms with Crippen LogP contribution in [0.3, 0.4) is 0 Å². The van der Waals surface area contributed by atoms with Crippen LogP contribution in [0.1, 0.15) is 5.89 Å². The first-order valence-corrected chi connectivity index (χ1v) is 10.2. The Bertz CT molecular complexity index is 1100. The maximum absolute atomic E-state index is 12.6. The fourth-order valence-corrected chi connectivity index (χ4v) is 3.58. The molecule has 0 aliphatic carbocycles. The number of rotatable bonds is 5. The molecule has 1 fully saturated rings. The standard InChI is InChI=1S/C20H23ClN8O2.HI/c1-22-20(28-8-9-29(18(30)13-28)16-11-24-27(2)12-16)23-7-6-17-25-19(26-31-17)14-4-3-5-15(21)10-14;/h3-5,10-12H,6-9,13H2,1-2H3,(H,22,23);1H. The van der Waals surface area contributed by atoms with Crippen LogP contribution in [0, 0.1) is 0 Å². The van der Waals surface area contributed by atoms with Crippen molar-refractivity contribution in [3.63, 3.8) is 0 Å². The first-order chi connectivity index (χ1) is 15.0. The first-order valence-electron chi connectivity index (χ1n) is 9.86. The summed E-state index contributed by atoms with van der Waals surface area (Å²) in [7, 11) is 3.53. The number of hydrogen-bond acceptors (Lipinski definition) is 6. The highest BCUT2D eigenvalue weighted by molar-refractivity contribution is 14.0. The maximum atomic E-state index is 12.6. The molecule has 4 rings (SSSR count). The van der Waals surface area contributed by atoms with Gasteiger partial charge < -0.3 is 19.6 Å².